The number of aromatic nitrogens is 4. The quantitative estimate of drug-likeness (QED) is 0.284. The summed E-state index contributed by atoms with van der Waals surface area (Å²) in [5, 5.41) is 7.50. The van der Waals surface area contributed by atoms with Crippen molar-refractivity contribution in [1.82, 2.24) is 19.7 Å². The smallest absolute Gasteiger partial charge is 0.252 e. The standard InChI is InChI=1S/C31H23N5O3/c37-29(18-21-13-15-23(16-14-21)22-8-3-1-4-9-22)33-28-19-26(27-12-7-17-39-27)35-36(28)31-32-25(20-30(38)34-31)24-10-5-2-6-11-24/h1-17,19-20H,18H2,(H,33,37)(H,32,34,38). The van der Waals surface area contributed by atoms with Gasteiger partial charge in [0.2, 0.25) is 11.9 Å². The SMILES string of the molecule is O=C(Cc1ccc(-c2ccccc2)cc1)Nc1cc(-c2ccco2)nn1-c1nc(-c2ccccc2)cc(=O)[nH]1. The van der Waals surface area contributed by atoms with Gasteiger partial charge in [-0.05, 0) is 28.8 Å². The highest BCUT2D eigenvalue weighted by Crippen LogP contribution is 2.25. The van der Waals surface area contributed by atoms with Crippen LogP contribution in [-0.2, 0) is 11.2 Å². The highest BCUT2D eigenvalue weighted by atomic mass is 16.3. The molecule has 3 aromatic carbocycles. The second-order valence-corrected chi connectivity index (χ2v) is 8.91. The van der Waals surface area contributed by atoms with Crippen molar-refractivity contribution in [3.05, 3.63) is 131 Å². The van der Waals surface area contributed by atoms with Gasteiger partial charge >= 0.3 is 0 Å². The molecule has 8 nitrogen and oxygen atoms in total. The highest BCUT2D eigenvalue weighted by molar-refractivity contribution is 5.92. The van der Waals surface area contributed by atoms with Crippen molar-refractivity contribution in [3.8, 4) is 39.8 Å². The number of hydrogen-bond acceptors (Lipinski definition) is 5. The first-order valence-electron chi connectivity index (χ1n) is 12.4. The average Bonchev–Trinajstić information content (AvgIpc) is 3.65. The van der Waals surface area contributed by atoms with E-state index in [9.17, 15) is 9.59 Å². The van der Waals surface area contributed by atoms with E-state index >= 15 is 0 Å². The number of anilines is 1. The van der Waals surface area contributed by atoms with Crippen LogP contribution in [0.25, 0.3) is 39.8 Å². The number of carbonyl (C=O) groups is 1. The minimum atomic E-state index is -0.343. The molecule has 0 spiro atoms. The van der Waals surface area contributed by atoms with Gasteiger partial charge in [0.05, 0.1) is 18.4 Å². The number of hydrogen-bond donors (Lipinski definition) is 2. The maximum atomic E-state index is 13.1. The van der Waals surface area contributed by atoms with E-state index in [2.05, 4.69) is 20.4 Å². The van der Waals surface area contributed by atoms with Crippen molar-refractivity contribution in [1.29, 1.82) is 0 Å². The van der Waals surface area contributed by atoms with Gasteiger partial charge in [0, 0.05) is 17.7 Å². The van der Waals surface area contributed by atoms with Crippen LogP contribution >= 0.6 is 0 Å². The first-order chi connectivity index (χ1) is 19.1. The van der Waals surface area contributed by atoms with Crippen LogP contribution < -0.4 is 10.9 Å². The number of benzene rings is 3. The molecule has 0 aliphatic heterocycles. The molecule has 0 atom stereocenters. The monoisotopic (exact) mass is 513 g/mol. The number of amides is 1. The van der Waals surface area contributed by atoms with Crippen LogP contribution in [0.5, 0.6) is 0 Å². The van der Waals surface area contributed by atoms with E-state index in [0.717, 1.165) is 22.3 Å². The zero-order valence-corrected chi connectivity index (χ0v) is 20.7. The van der Waals surface area contributed by atoms with Gasteiger partial charge in [0.15, 0.2) is 5.76 Å². The number of carbonyl (C=O) groups excluding carboxylic acids is 1. The molecule has 0 bridgehead atoms. The first kappa shape index (κ1) is 23.9. The molecule has 8 heteroatoms. The summed E-state index contributed by atoms with van der Waals surface area (Å²) >= 11 is 0. The second kappa shape index (κ2) is 10.5. The number of aromatic amines is 1. The summed E-state index contributed by atoms with van der Waals surface area (Å²) in [7, 11) is 0. The summed E-state index contributed by atoms with van der Waals surface area (Å²) in [5.41, 5.74) is 4.46. The molecule has 0 aliphatic rings. The third-order valence-electron chi connectivity index (χ3n) is 6.18. The Hall–Kier alpha value is -5.50. The van der Waals surface area contributed by atoms with Crippen molar-refractivity contribution in [2.75, 3.05) is 5.32 Å². The van der Waals surface area contributed by atoms with E-state index in [1.165, 1.54) is 10.7 Å². The molecular formula is C31H23N5O3. The van der Waals surface area contributed by atoms with Gasteiger partial charge in [-0.2, -0.15) is 9.78 Å². The van der Waals surface area contributed by atoms with Crippen molar-refractivity contribution in [3.63, 3.8) is 0 Å². The largest absolute Gasteiger partial charge is 0.463 e. The van der Waals surface area contributed by atoms with Gasteiger partial charge in [-0.3, -0.25) is 14.6 Å². The molecule has 1 amide bonds. The maximum Gasteiger partial charge on any atom is 0.252 e. The van der Waals surface area contributed by atoms with E-state index in [1.54, 1.807) is 24.5 Å². The molecular weight excluding hydrogens is 490 g/mol. The molecule has 0 fully saturated rings. The predicted molar refractivity (Wildman–Crippen MR) is 149 cm³/mol. The molecule has 3 heterocycles. The fraction of sp³-hybridized carbons (Fsp3) is 0.0323. The van der Waals surface area contributed by atoms with E-state index in [0.29, 0.717) is 23.0 Å². The summed E-state index contributed by atoms with van der Waals surface area (Å²) in [6.07, 6.45) is 1.70. The Morgan fingerprint density at radius 2 is 1.49 bits per heavy atom. The summed E-state index contributed by atoms with van der Waals surface area (Å²) in [6, 6.07) is 34.0. The zero-order chi connectivity index (χ0) is 26.6. The molecule has 0 saturated heterocycles. The predicted octanol–water partition coefficient (Wildman–Crippen LogP) is 5.73. The van der Waals surface area contributed by atoms with Crippen molar-refractivity contribution in [2.24, 2.45) is 0 Å². The molecule has 190 valence electrons. The minimum Gasteiger partial charge on any atom is -0.463 e. The van der Waals surface area contributed by atoms with Gasteiger partial charge < -0.3 is 9.73 Å². The Bertz CT molecular complexity index is 1770. The molecule has 3 aromatic heterocycles. The normalized spacial score (nSPS) is 10.9. The lowest BCUT2D eigenvalue weighted by Crippen LogP contribution is -2.19. The molecule has 2 N–H and O–H groups in total. The van der Waals surface area contributed by atoms with E-state index in [-0.39, 0.29) is 23.8 Å². The molecule has 0 aliphatic carbocycles. The number of nitrogens with one attached hydrogen (secondary N) is 2. The Balaban J connectivity index is 1.30. The van der Waals surface area contributed by atoms with E-state index in [1.807, 2.05) is 84.9 Å². The number of rotatable bonds is 7. The van der Waals surface area contributed by atoms with Crippen LogP contribution in [0.2, 0.25) is 0 Å². The Kier molecular flexibility index (Phi) is 6.41. The lowest BCUT2D eigenvalue weighted by molar-refractivity contribution is -0.115. The van der Waals surface area contributed by atoms with Gasteiger partial charge in [0.25, 0.3) is 5.56 Å². The third kappa shape index (κ3) is 5.30. The average molecular weight is 514 g/mol. The van der Waals surface area contributed by atoms with Gasteiger partial charge in [-0.25, -0.2) is 4.98 Å². The van der Waals surface area contributed by atoms with Crippen LogP contribution in [0, 0.1) is 0 Å². The number of nitrogens with zero attached hydrogens (tertiary/aromatic N) is 3. The summed E-state index contributed by atoms with van der Waals surface area (Å²) in [4.78, 5) is 33.0. The number of furan rings is 1. The first-order valence-corrected chi connectivity index (χ1v) is 12.4. The molecule has 0 saturated carbocycles. The fourth-order valence-electron chi connectivity index (χ4n) is 4.30. The number of H-pyrrole nitrogens is 1. The zero-order valence-electron chi connectivity index (χ0n) is 20.7. The molecule has 39 heavy (non-hydrogen) atoms. The van der Waals surface area contributed by atoms with Crippen molar-refractivity contribution >= 4 is 11.7 Å². The third-order valence-corrected chi connectivity index (χ3v) is 6.18. The minimum absolute atomic E-state index is 0.157. The molecule has 6 aromatic rings. The molecule has 0 unspecified atom stereocenters. The summed E-state index contributed by atoms with van der Waals surface area (Å²) in [5.74, 6) is 0.792. The van der Waals surface area contributed by atoms with Crippen LogP contribution in [0.4, 0.5) is 5.82 Å². The van der Waals surface area contributed by atoms with Gasteiger partial charge in [0.1, 0.15) is 11.5 Å². The van der Waals surface area contributed by atoms with Crippen molar-refractivity contribution < 1.29 is 9.21 Å². The van der Waals surface area contributed by atoms with Gasteiger partial charge in [-0.15, -0.1) is 0 Å². The molecule has 0 radical (unpaired) electrons. The van der Waals surface area contributed by atoms with Gasteiger partial charge in [-0.1, -0.05) is 84.9 Å². The lowest BCUT2D eigenvalue weighted by atomic mass is 10.0. The Morgan fingerprint density at radius 3 is 2.18 bits per heavy atom. The second-order valence-electron chi connectivity index (χ2n) is 8.91. The maximum absolute atomic E-state index is 13.1. The van der Waals surface area contributed by atoms with E-state index < -0.39 is 0 Å². The molecule has 6 rings (SSSR count). The van der Waals surface area contributed by atoms with Crippen LogP contribution in [0.1, 0.15) is 5.56 Å². The topological polar surface area (TPSA) is 106 Å². The Labute approximate surface area is 223 Å². The fourth-order valence-corrected chi connectivity index (χ4v) is 4.30. The van der Waals surface area contributed by atoms with Crippen molar-refractivity contribution in [2.45, 2.75) is 6.42 Å². The van der Waals surface area contributed by atoms with Crippen LogP contribution in [0.3, 0.4) is 0 Å². The van der Waals surface area contributed by atoms with E-state index in [4.69, 9.17) is 4.42 Å². The lowest BCUT2D eigenvalue weighted by Gasteiger charge is -2.10. The Morgan fingerprint density at radius 1 is 0.795 bits per heavy atom. The summed E-state index contributed by atoms with van der Waals surface area (Å²) < 4.78 is 6.91. The van der Waals surface area contributed by atoms with Crippen LogP contribution in [0.15, 0.2) is 125 Å². The summed E-state index contributed by atoms with van der Waals surface area (Å²) in [6.45, 7) is 0. The van der Waals surface area contributed by atoms with Crippen LogP contribution in [-0.4, -0.2) is 25.7 Å². The highest BCUT2D eigenvalue weighted by Gasteiger charge is 2.18.